The van der Waals surface area contributed by atoms with Crippen LogP contribution in [0.5, 0.6) is 0 Å². The molecule has 1 fully saturated rings. The lowest BCUT2D eigenvalue weighted by atomic mass is 9.89. The van der Waals surface area contributed by atoms with Crippen LogP contribution in [0.25, 0.3) is 0 Å². The second-order valence-electron chi connectivity index (χ2n) is 5.94. The Morgan fingerprint density at radius 2 is 1.80 bits per heavy atom. The van der Waals surface area contributed by atoms with Gasteiger partial charge in [-0.25, -0.2) is 0 Å². The molecule has 112 valence electrons. The highest BCUT2D eigenvalue weighted by molar-refractivity contribution is 5.19. The minimum atomic E-state index is 0.793. The maximum Gasteiger partial charge on any atom is -0.00129 e. The average Bonchev–Trinajstić information content (AvgIpc) is 2.52. The van der Waals surface area contributed by atoms with E-state index in [2.05, 4.69) is 47.5 Å². The van der Waals surface area contributed by atoms with Gasteiger partial charge in [-0.3, -0.25) is 0 Å². The monoisotopic (exact) mass is 274 g/mol. The van der Waals surface area contributed by atoms with Gasteiger partial charge >= 0.3 is 0 Å². The van der Waals surface area contributed by atoms with E-state index in [1.54, 1.807) is 0 Å². The number of hydrogen-bond donors (Lipinski definition) is 1. The number of piperidine rings is 1. The van der Waals surface area contributed by atoms with Crippen molar-refractivity contribution < 1.29 is 0 Å². The molecular formula is C18H30N2. The quantitative estimate of drug-likeness (QED) is 0.728. The van der Waals surface area contributed by atoms with E-state index in [1.807, 2.05) is 0 Å². The Bertz CT molecular complexity index is 342. The topological polar surface area (TPSA) is 15.3 Å². The number of likely N-dealkylation sites (tertiary alicyclic amines) is 1. The van der Waals surface area contributed by atoms with Crippen molar-refractivity contribution in [3.63, 3.8) is 0 Å². The smallest absolute Gasteiger partial charge is 0.00129 e. The maximum absolute atomic E-state index is 3.40. The van der Waals surface area contributed by atoms with Gasteiger partial charge in [-0.1, -0.05) is 43.7 Å². The van der Waals surface area contributed by atoms with Gasteiger partial charge in [0.15, 0.2) is 0 Å². The summed E-state index contributed by atoms with van der Waals surface area (Å²) in [6, 6.07) is 11.0. The molecule has 1 saturated heterocycles. The third-order valence-corrected chi connectivity index (χ3v) is 4.44. The number of hydrogen-bond acceptors (Lipinski definition) is 2. The highest BCUT2D eigenvalue weighted by Gasteiger charge is 2.19. The number of nitrogens with zero attached hydrogens (tertiary/aromatic N) is 1. The van der Waals surface area contributed by atoms with E-state index in [1.165, 1.54) is 63.8 Å². The number of benzene rings is 1. The van der Waals surface area contributed by atoms with E-state index >= 15 is 0 Å². The van der Waals surface area contributed by atoms with Gasteiger partial charge < -0.3 is 10.2 Å². The van der Waals surface area contributed by atoms with Crippen molar-refractivity contribution in [2.45, 2.75) is 44.9 Å². The molecule has 0 spiro atoms. The fourth-order valence-electron chi connectivity index (χ4n) is 3.15. The first-order valence-corrected chi connectivity index (χ1v) is 8.38. The van der Waals surface area contributed by atoms with Gasteiger partial charge in [-0.2, -0.15) is 0 Å². The summed E-state index contributed by atoms with van der Waals surface area (Å²) in [7, 11) is 0. The van der Waals surface area contributed by atoms with Crippen LogP contribution in [0.3, 0.4) is 0 Å². The van der Waals surface area contributed by atoms with Gasteiger partial charge in [-0.05, 0) is 69.9 Å². The zero-order valence-electron chi connectivity index (χ0n) is 13.0. The molecular weight excluding hydrogens is 244 g/mol. The van der Waals surface area contributed by atoms with Gasteiger partial charge in [0, 0.05) is 0 Å². The lowest BCUT2D eigenvalue weighted by Gasteiger charge is -2.32. The normalized spacial score (nSPS) is 17.4. The summed E-state index contributed by atoms with van der Waals surface area (Å²) in [5, 5.41) is 3.40. The maximum atomic E-state index is 3.40. The molecule has 1 aromatic carbocycles. The second-order valence-corrected chi connectivity index (χ2v) is 5.94. The van der Waals surface area contributed by atoms with Crippen LogP contribution in [0.1, 0.15) is 50.5 Å². The number of unbranched alkanes of at least 4 members (excludes halogenated alkanes) is 2. The average molecular weight is 274 g/mol. The Labute approximate surface area is 124 Å². The van der Waals surface area contributed by atoms with E-state index in [9.17, 15) is 0 Å². The molecule has 2 rings (SSSR count). The fourth-order valence-corrected chi connectivity index (χ4v) is 3.15. The zero-order chi connectivity index (χ0) is 14.0. The molecule has 20 heavy (non-hydrogen) atoms. The van der Waals surface area contributed by atoms with Crippen LogP contribution < -0.4 is 5.32 Å². The van der Waals surface area contributed by atoms with Gasteiger partial charge in [-0.15, -0.1) is 0 Å². The Morgan fingerprint density at radius 1 is 1.05 bits per heavy atom. The van der Waals surface area contributed by atoms with Crippen LogP contribution in [0.4, 0.5) is 0 Å². The van der Waals surface area contributed by atoms with E-state index in [4.69, 9.17) is 0 Å². The number of nitrogens with one attached hydrogen (secondary N) is 1. The summed E-state index contributed by atoms with van der Waals surface area (Å²) < 4.78 is 0. The highest BCUT2D eigenvalue weighted by Crippen LogP contribution is 2.27. The fraction of sp³-hybridized carbons (Fsp3) is 0.667. The molecule has 1 heterocycles. The minimum Gasteiger partial charge on any atom is -0.317 e. The van der Waals surface area contributed by atoms with Crippen LogP contribution >= 0.6 is 0 Å². The van der Waals surface area contributed by atoms with Crippen molar-refractivity contribution in [1.29, 1.82) is 0 Å². The molecule has 0 bridgehead atoms. The molecule has 1 aliphatic rings. The van der Waals surface area contributed by atoms with E-state index in [-0.39, 0.29) is 0 Å². The molecule has 1 N–H and O–H groups in total. The van der Waals surface area contributed by atoms with Crippen LogP contribution in [-0.2, 0) is 0 Å². The van der Waals surface area contributed by atoms with Gasteiger partial charge in [0.2, 0.25) is 0 Å². The Balaban J connectivity index is 1.58. The largest absolute Gasteiger partial charge is 0.317 e. The molecule has 0 saturated carbocycles. The third-order valence-electron chi connectivity index (χ3n) is 4.44. The molecule has 0 aromatic heterocycles. The molecule has 0 aliphatic carbocycles. The van der Waals surface area contributed by atoms with E-state index in [0.717, 1.165) is 12.5 Å². The summed E-state index contributed by atoms with van der Waals surface area (Å²) in [5.74, 6) is 0.793. The van der Waals surface area contributed by atoms with Crippen molar-refractivity contribution in [3.8, 4) is 0 Å². The summed E-state index contributed by atoms with van der Waals surface area (Å²) in [5.41, 5.74) is 1.54. The summed E-state index contributed by atoms with van der Waals surface area (Å²) in [4.78, 5) is 2.66. The Kier molecular flexibility index (Phi) is 7.10. The van der Waals surface area contributed by atoms with Gasteiger partial charge in [0.1, 0.15) is 0 Å². The molecule has 0 atom stereocenters. The van der Waals surface area contributed by atoms with Crippen molar-refractivity contribution >= 4 is 0 Å². The Morgan fingerprint density at radius 3 is 2.50 bits per heavy atom. The zero-order valence-corrected chi connectivity index (χ0v) is 13.0. The summed E-state index contributed by atoms with van der Waals surface area (Å²) in [6.07, 6.45) is 6.73. The van der Waals surface area contributed by atoms with Gasteiger partial charge in [0.25, 0.3) is 0 Å². The molecule has 0 amide bonds. The minimum absolute atomic E-state index is 0.793. The molecule has 2 nitrogen and oxygen atoms in total. The lowest BCUT2D eigenvalue weighted by molar-refractivity contribution is 0.208. The van der Waals surface area contributed by atoms with E-state index in [0.29, 0.717) is 0 Å². The SMILES string of the molecule is CCNCCCCCN1CCC(c2ccccc2)CC1. The van der Waals surface area contributed by atoms with Crippen molar-refractivity contribution in [2.75, 3.05) is 32.7 Å². The van der Waals surface area contributed by atoms with E-state index < -0.39 is 0 Å². The van der Waals surface area contributed by atoms with Crippen LogP contribution in [-0.4, -0.2) is 37.6 Å². The lowest BCUT2D eigenvalue weighted by Crippen LogP contribution is -2.33. The van der Waals surface area contributed by atoms with Crippen molar-refractivity contribution in [2.24, 2.45) is 0 Å². The van der Waals surface area contributed by atoms with Crippen LogP contribution in [0.2, 0.25) is 0 Å². The first kappa shape index (κ1) is 15.5. The van der Waals surface area contributed by atoms with Crippen molar-refractivity contribution in [1.82, 2.24) is 10.2 Å². The predicted molar refractivity (Wildman–Crippen MR) is 87.3 cm³/mol. The highest BCUT2D eigenvalue weighted by atomic mass is 15.1. The molecule has 0 unspecified atom stereocenters. The standard InChI is InChI=1S/C18H30N2/c1-2-19-13-7-4-8-14-20-15-11-18(12-16-20)17-9-5-3-6-10-17/h3,5-6,9-10,18-19H,2,4,7-8,11-16H2,1H3. The van der Waals surface area contributed by atoms with Crippen molar-refractivity contribution in [3.05, 3.63) is 35.9 Å². The van der Waals surface area contributed by atoms with Crippen LogP contribution in [0.15, 0.2) is 30.3 Å². The molecule has 0 radical (unpaired) electrons. The van der Waals surface area contributed by atoms with Crippen LogP contribution in [0, 0.1) is 0 Å². The molecule has 1 aromatic rings. The first-order chi connectivity index (χ1) is 9.90. The summed E-state index contributed by atoms with van der Waals surface area (Å²) >= 11 is 0. The molecule has 2 heteroatoms. The number of rotatable bonds is 8. The van der Waals surface area contributed by atoms with Gasteiger partial charge in [0.05, 0.1) is 0 Å². The summed E-state index contributed by atoms with van der Waals surface area (Å²) in [6.45, 7) is 8.34. The Hall–Kier alpha value is -0.860. The second kappa shape index (κ2) is 9.15. The third kappa shape index (κ3) is 5.26. The predicted octanol–water partition coefficient (Wildman–Crippen LogP) is 3.65. The molecule has 1 aliphatic heterocycles. The first-order valence-electron chi connectivity index (χ1n) is 8.38.